The Labute approximate surface area is 105 Å². The van der Waals surface area contributed by atoms with Crippen molar-refractivity contribution in [2.24, 2.45) is 5.92 Å². The molecule has 1 rings (SSSR count). The summed E-state index contributed by atoms with van der Waals surface area (Å²) in [5, 5.41) is 4.66. The van der Waals surface area contributed by atoms with Gasteiger partial charge in [-0.15, -0.1) is 0 Å². The highest BCUT2D eigenvalue weighted by atomic mass is 19.4. The number of alkyl halides is 6. The molecule has 1 aliphatic heterocycles. The maximum atomic E-state index is 12.3. The minimum atomic E-state index is -5.65. The number of hydrogen-bond donors (Lipinski definition) is 2. The first kappa shape index (κ1) is 16.1. The lowest BCUT2D eigenvalue weighted by Gasteiger charge is -2.27. The van der Waals surface area contributed by atoms with Gasteiger partial charge in [0.25, 0.3) is 0 Å². The Morgan fingerprint density at radius 1 is 1.26 bits per heavy atom. The summed E-state index contributed by atoms with van der Waals surface area (Å²) in [5.41, 5.74) is -0.655. The topological polar surface area (TPSA) is 41.1 Å². The summed E-state index contributed by atoms with van der Waals surface area (Å²) in [4.78, 5) is 11.2. The van der Waals surface area contributed by atoms with Gasteiger partial charge in [-0.1, -0.05) is 0 Å². The van der Waals surface area contributed by atoms with Crippen LogP contribution in [-0.4, -0.2) is 36.9 Å². The normalized spacial score (nSPS) is 24.8. The van der Waals surface area contributed by atoms with E-state index in [1.807, 2.05) is 0 Å². The number of carbonyl (C=O) groups is 1. The molecule has 0 bridgehead atoms. The molecule has 2 N–H and O–H groups in total. The first-order valence-electron chi connectivity index (χ1n) is 5.62. The van der Waals surface area contributed by atoms with E-state index >= 15 is 0 Å². The van der Waals surface area contributed by atoms with Crippen molar-refractivity contribution in [1.82, 2.24) is 10.6 Å². The van der Waals surface area contributed by atoms with Crippen LogP contribution < -0.4 is 10.6 Å². The molecular formula is C10H14F6N2O. The zero-order valence-electron chi connectivity index (χ0n) is 10.1. The van der Waals surface area contributed by atoms with Crippen molar-refractivity contribution in [3.05, 3.63) is 0 Å². The van der Waals surface area contributed by atoms with E-state index in [-0.39, 0.29) is 6.54 Å². The van der Waals surface area contributed by atoms with E-state index < -0.39 is 29.7 Å². The first-order chi connectivity index (χ1) is 8.46. The van der Waals surface area contributed by atoms with Crippen LogP contribution in [0.25, 0.3) is 0 Å². The molecule has 1 heterocycles. The summed E-state index contributed by atoms with van der Waals surface area (Å²) < 4.78 is 73.6. The Morgan fingerprint density at radius 2 is 1.79 bits per heavy atom. The predicted molar refractivity (Wildman–Crippen MR) is 54.3 cm³/mol. The number of rotatable bonds is 3. The van der Waals surface area contributed by atoms with E-state index in [4.69, 9.17) is 0 Å². The Balaban J connectivity index is 2.68. The molecule has 1 amide bonds. The Bertz CT molecular complexity index is 318. The summed E-state index contributed by atoms with van der Waals surface area (Å²) in [6.45, 7) is 1.99. The molecular weight excluding hydrogens is 278 g/mol. The minimum Gasteiger partial charge on any atom is -0.353 e. The third-order valence-corrected chi connectivity index (χ3v) is 3.03. The molecule has 1 aliphatic rings. The Kier molecular flexibility index (Phi) is 4.38. The highest BCUT2D eigenvalue weighted by molar-refractivity contribution is 5.80. The molecule has 19 heavy (non-hydrogen) atoms. The summed E-state index contributed by atoms with van der Waals surface area (Å²) >= 11 is 0. The zero-order chi connectivity index (χ0) is 14.9. The molecule has 1 atom stereocenters. The highest BCUT2D eigenvalue weighted by Gasteiger charge is 2.61. The quantitative estimate of drug-likeness (QED) is 0.781. The molecule has 1 unspecified atom stereocenters. The van der Waals surface area contributed by atoms with Crippen LogP contribution in [0.3, 0.4) is 0 Å². The first-order valence-corrected chi connectivity index (χ1v) is 5.62. The maximum absolute atomic E-state index is 12.3. The van der Waals surface area contributed by atoms with Crippen LogP contribution in [0.5, 0.6) is 0 Å². The molecule has 3 nitrogen and oxygen atoms in total. The van der Waals surface area contributed by atoms with Gasteiger partial charge in [0.05, 0.1) is 0 Å². The molecule has 0 saturated carbocycles. The average Bonchev–Trinajstić information content (AvgIpc) is 2.58. The average molecular weight is 292 g/mol. The monoisotopic (exact) mass is 292 g/mol. The van der Waals surface area contributed by atoms with Crippen LogP contribution in [0.2, 0.25) is 0 Å². The van der Waals surface area contributed by atoms with Gasteiger partial charge in [0.1, 0.15) is 0 Å². The zero-order valence-corrected chi connectivity index (χ0v) is 10.1. The van der Waals surface area contributed by atoms with Gasteiger partial charge < -0.3 is 10.6 Å². The number of amides is 1. The molecule has 9 heteroatoms. The fourth-order valence-electron chi connectivity index (χ4n) is 1.98. The van der Waals surface area contributed by atoms with E-state index in [0.717, 1.165) is 6.42 Å². The molecule has 0 aliphatic carbocycles. The smallest absolute Gasteiger partial charge is 0.353 e. The molecule has 0 aromatic heterocycles. The van der Waals surface area contributed by atoms with Crippen molar-refractivity contribution in [3.8, 4) is 0 Å². The largest absolute Gasteiger partial charge is 0.409 e. The van der Waals surface area contributed by atoms with E-state index in [1.54, 1.807) is 12.2 Å². The SMILES string of the molecule is CC1(CNC(=O)C(C(F)(F)F)C(F)(F)F)CCCN1. The van der Waals surface area contributed by atoms with E-state index in [2.05, 4.69) is 5.32 Å². The van der Waals surface area contributed by atoms with Gasteiger partial charge in [-0.2, -0.15) is 26.3 Å². The number of carbonyl (C=O) groups excluding carboxylic acids is 1. The second-order valence-electron chi connectivity index (χ2n) is 4.83. The second kappa shape index (κ2) is 5.18. The van der Waals surface area contributed by atoms with Crippen molar-refractivity contribution < 1.29 is 31.1 Å². The molecule has 0 spiro atoms. The number of halogens is 6. The second-order valence-corrected chi connectivity index (χ2v) is 4.83. The predicted octanol–water partition coefficient (Wildman–Crippen LogP) is 1.99. The number of hydrogen-bond acceptors (Lipinski definition) is 2. The number of nitrogens with one attached hydrogen (secondary N) is 2. The molecule has 112 valence electrons. The van der Waals surface area contributed by atoms with Crippen LogP contribution in [0.15, 0.2) is 0 Å². The van der Waals surface area contributed by atoms with Gasteiger partial charge in [0.15, 0.2) is 0 Å². The van der Waals surface area contributed by atoms with Gasteiger partial charge >= 0.3 is 12.4 Å². The van der Waals surface area contributed by atoms with Crippen LogP contribution in [-0.2, 0) is 4.79 Å². The van der Waals surface area contributed by atoms with Gasteiger partial charge in [0, 0.05) is 12.1 Å². The van der Waals surface area contributed by atoms with Crippen molar-refractivity contribution in [1.29, 1.82) is 0 Å². The van der Waals surface area contributed by atoms with Crippen LogP contribution in [0.1, 0.15) is 19.8 Å². The highest BCUT2D eigenvalue weighted by Crippen LogP contribution is 2.39. The molecule has 1 saturated heterocycles. The summed E-state index contributed by atoms with van der Waals surface area (Å²) in [7, 11) is 0. The van der Waals surface area contributed by atoms with Crippen LogP contribution >= 0.6 is 0 Å². The van der Waals surface area contributed by atoms with Crippen LogP contribution in [0.4, 0.5) is 26.3 Å². The summed E-state index contributed by atoms with van der Waals surface area (Å²) in [6, 6.07) is 0. The van der Waals surface area contributed by atoms with E-state index in [1.165, 1.54) is 0 Å². The summed E-state index contributed by atoms with van der Waals surface area (Å²) in [5.74, 6) is -6.04. The Hall–Kier alpha value is -0.990. The molecule has 1 fully saturated rings. The van der Waals surface area contributed by atoms with Gasteiger partial charge in [-0.3, -0.25) is 4.79 Å². The van der Waals surface area contributed by atoms with Gasteiger partial charge in [0.2, 0.25) is 11.8 Å². The lowest BCUT2D eigenvalue weighted by atomic mass is 9.99. The molecule has 0 aromatic rings. The molecule has 0 radical (unpaired) electrons. The van der Waals surface area contributed by atoms with Gasteiger partial charge in [-0.05, 0) is 26.3 Å². The van der Waals surface area contributed by atoms with Crippen molar-refractivity contribution in [3.63, 3.8) is 0 Å². The lowest BCUT2D eigenvalue weighted by molar-refractivity contribution is -0.274. The third kappa shape index (κ3) is 4.26. The van der Waals surface area contributed by atoms with Crippen LogP contribution in [0, 0.1) is 5.92 Å². The Morgan fingerprint density at radius 3 is 2.16 bits per heavy atom. The van der Waals surface area contributed by atoms with E-state index in [0.29, 0.717) is 13.0 Å². The lowest BCUT2D eigenvalue weighted by Crippen LogP contribution is -2.53. The van der Waals surface area contributed by atoms with Crippen molar-refractivity contribution >= 4 is 5.91 Å². The summed E-state index contributed by atoms with van der Waals surface area (Å²) in [6.07, 6.45) is -9.96. The fourth-order valence-corrected chi connectivity index (χ4v) is 1.98. The maximum Gasteiger partial charge on any atom is 0.409 e. The van der Waals surface area contributed by atoms with E-state index in [9.17, 15) is 31.1 Å². The molecule has 0 aromatic carbocycles. The minimum absolute atomic E-state index is 0.269. The van der Waals surface area contributed by atoms with Gasteiger partial charge in [-0.25, -0.2) is 0 Å². The van der Waals surface area contributed by atoms with Crippen molar-refractivity contribution in [2.45, 2.75) is 37.7 Å². The van der Waals surface area contributed by atoms with Crippen molar-refractivity contribution in [2.75, 3.05) is 13.1 Å². The third-order valence-electron chi connectivity index (χ3n) is 3.03. The fraction of sp³-hybridized carbons (Fsp3) is 0.900. The standard InChI is InChI=1S/C10H14F6N2O/c1-8(3-2-4-18-8)5-17-7(19)6(9(11,12)13)10(14,15)16/h6,18H,2-5H2,1H3,(H,17,19).